The van der Waals surface area contributed by atoms with Crippen molar-refractivity contribution >= 4 is 22.0 Å². The Labute approximate surface area is 162 Å². The first kappa shape index (κ1) is 18.0. The van der Waals surface area contributed by atoms with Gasteiger partial charge in [0.2, 0.25) is 0 Å². The predicted molar refractivity (Wildman–Crippen MR) is 102 cm³/mol. The topological polar surface area (TPSA) is 59.0 Å². The minimum absolute atomic E-state index is 0.0688. The Morgan fingerprint density at radius 1 is 1.42 bits per heavy atom. The van der Waals surface area contributed by atoms with E-state index in [1.54, 1.807) is 7.11 Å². The maximum Gasteiger partial charge on any atom is 0.410 e. The fourth-order valence-electron chi connectivity index (χ4n) is 5.72. The molecule has 3 atom stereocenters. The van der Waals surface area contributed by atoms with Gasteiger partial charge in [0, 0.05) is 28.0 Å². The molecule has 1 saturated carbocycles. The van der Waals surface area contributed by atoms with E-state index in [4.69, 9.17) is 9.47 Å². The molecule has 1 aromatic carbocycles. The zero-order valence-electron chi connectivity index (χ0n) is 15.4. The summed E-state index contributed by atoms with van der Waals surface area (Å²) >= 11 is 3.69. The van der Waals surface area contributed by atoms with Crippen LogP contribution in [0.2, 0.25) is 0 Å². The zero-order valence-corrected chi connectivity index (χ0v) is 17.0. The van der Waals surface area contributed by atoms with Crippen molar-refractivity contribution in [1.29, 1.82) is 0 Å². The number of nitrogens with zero attached hydrogens (tertiary/aromatic N) is 1. The van der Waals surface area contributed by atoms with E-state index in [2.05, 4.69) is 15.9 Å². The van der Waals surface area contributed by atoms with Gasteiger partial charge in [0.15, 0.2) is 11.5 Å². The lowest BCUT2D eigenvalue weighted by molar-refractivity contribution is -0.0121. The van der Waals surface area contributed by atoms with Crippen LogP contribution in [0.3, 0.4) is 0 Å². The first-order valence-corrected chi connectivity index (χ1v) is 10.3. The quantitative estimate of drug-likeness (QED) is 0.766. The Morgan fingerprint density at radius 2 is 2.23 bits per heavy atom. The fraction of sp³-hybridized carbons (Fsp3) is 0.650. The van der Waals surface area contributed by atoms with Gasteiger partial charge in [-0.15, -0.1) is 0 Å². The lowest BCUT2D eigenvalue weighted by atomic mass is 9.52. The third-order valence-corrected chi connectivity index (χ3v) is 7.42. The molecule has 1 aliphatic heterocycles. The molecule has 0 spiro atoms. The Kier molecular flexibility index (Phi) is 4.58. The van der Waals surface area contributed by atoms with Crippen LogP contribution in [-0.4, -0.2) is 42.4 Å². The van der Waals surface area contributed by atoms with Crippen LogP contribution < -0.4 is 4.74 Å². The molecule has 26 heavy (non-hydrogen) atoms. The van der Waals surface area contributed by atoms with Crippen molar-refractivity contribution in [3.05, 3.63) is 21.7 Å². The molecule has 3 unspecified atom stereocenters. The van der Waals surface area contributed by atoms with E-state index in [0.717, 1.165) is 47.7 Å². The Morgan fingerprint density at radius 3 is 2.96 bits per heavy atom. The molecule has 2 fully saturated rings. The summed E-state index contributed by atoms with van der Waals surface area (Å²) in [5.41, 5.74) is 2.12. The van der Waals surface area contributed by atoms with E-state index >= 15 is 0 Å². The van der Waals surface area contributed by atoms with Gasteiger partial charge in [-0.2, -0.15) is 0 Å². The van der Waals surface area contributed by atoms with Crippen LogP contribution in [0.1, 0.15) is 50.2 Å². The highest BCUT2D eigenvalue weighted by molar-refractivity contribution is 9.10. The molecule has 1 N–H and O–H groups in total. The monoisotopic (exact) mass is 423 g/mol. The molecule has 1 amide bonds. The van der Waals surface area contributed by atoms with Gasteiger partial charge in [-0.25, -0.2) is 4.79 Å². The second-order valence-electron chi connectivity index (χ2n) is 7.69. The maximum atomic E-state index is 12.6. The molecular formula is C20H26BrNO4. The average Bonchev–Trinajstić information content (AvgIpc) is 2.64. The van der Waals surface area contributed by atoms with Crippen LogP contribution in [0.4, 0.5) is 4.79 Å². The number of amides is 1. The Bertz CT molecular complexity index is 737. The van der Waals surface area contributed by atoms with Crippen molar-refractivity contribution in [1.82, 2.24) is 4.90 Å². The molecule has 0 radical (unpaired) electrons. The van der Waals surface area contributed by atoms with E-state index in [1.165, 1.54) is 6.42 Å². The summed E-state index contributed by atoms with van der Waals surface area (Å²) in [6, 6.07) is 1.98. The lowest BCUT2D eigenvalue weighted by Crippen LogP contribution is -2.62. The van der Waals surface area contributed by atoms with Gasteiger partial charge in [0.05, 0.1) is 13.7 Å². The number of carbonyl (C=O) groups is 1. The minimum Gasteiger partial charge on any atom is -0.504 e. The van der Waals surface area contributed by atoms with Gasteiger partial charge >= 0.3 is 6.09 Å². The summed E-state index contributed by atoms with van der Waals surface area (Å²) in [7, 11) is 1.60. The first-order valence-electron chi connectivity index (χ1n) is 9.55. The van der Waals surface area contributed by atoms with Crippen molar-refractivity contribution in [3.63, 3.8) is 0 Å². The number of halogens is 1. The van der Waals surface area contributed by atoms with E-state index in [9.17, 15) is 9.90 Å². The first-order chi connectivity index (χ1) is 12.5. The number of fused-ring (bicyclic) bond motifs is 1. The van der Waals surface area contributed by atoms with Gasteiger partial charge in [-0.05, 0) is 50.2 Å². The number of likely N-dealkylation sites (tertiary alicyclic amines) is 1. The number of hydrogen-bond donors (Lipinski definition) is 1. The Hall–Kier alpha value is -1.43. The average molecular weight is 424 g/mol. The van der Waals surface area contributed by atoms with Crippen LogP contribution in [0.25, 0.3) is 0 Å². The molecule has 2 bridgehead atoms. The zero-order chi connectivity index (χ0) is 18.5. The SMILES string of the molecule is CCOC(=O)N1CCC23CCCCC2C1Cc1c(Br)cc(OC)c(O)c13. The van der Waals surface area contributed by atoms with Gasteiger partial charge in [0.25, 0.3) is 0 Å². The Balaban J connectivity index is 1.86. The third-order valence-electron chi connectivity index (χ3n) is 6.71. The lowest BCUT2D eigenvalue weighted by Gasteiger charge is -2.58. The molecule has 1 saturated heterocycles. The van der Waals surface area contributed by atoms with Crippen LogP contribution in [0.5, 0.6) is 11.5 Å². The number of ether oxygens (including phenoxy) is 2. The van der Waals surface area contributed by atoms with Crippen molar-refractivity contribution in [2.24, 2.45) is 5.92 Å². The number of aromatic hydroxyl groups is 1. The highest BCUT2D eigenvalue weighted by atomic mass is 79.9. The van der Waals surface area contributed by atoms with Crippen molar-refractivity contribution in [2.75, 3.05) is 20.3 Å². The molecule has 4 rings (SSSR count). The second-order valence-corrected chi connectivity index (χ2v) is 8.54. The molecule has 2 aliphatic carbocycles. The molecule has 5 nitrogen and oxygen atoms in total. The molecule has 1 aromatic rings. The van der Waals surface area contributed by atoms with Gasteiger partial charge < -0.3 is 19.5 Å². The summed E-state index contributed by atoms with van der Waals surface area (Å²) in [6.45, 7) is 2.94. The van der Waals surface area contributed by atoms with Gasteiger partial charge in [0.1, 0.15) is 0 Å². The highest BCUT2D eigenvalue weighted by Crippen LogP contribution is 2.60. The molecule has 142 valence electrons. The molecule has 6 heteroatoms. The summed E-state index contributed by atoms with van der Waals surface area (Å²) in [5, 5.41) is 11.0. The standard InChI is InChI=1S/C20H26BrNO4/c1-3-26-19(24)22-9-8-20-7-5-4-6-13(20)15(22)10-12-14(21)11-16(25-2)18(23)17(12)20/h11,13,15,23H,3-10H2,1-2H3. The van der Waals surface area contributed by atoms with Crippen LogP contribution in [0.15, 0.2) is 10.5 Å². The van der Waals surface area contributed by atoms with Crippen LogP contribution >= 0.6 is 15.9 Å². The van der Waals surface area contributed by atoms with Gasteiger partial charge in [-0.3, -0.25) is 0 Å². The summed E-state index contributed by atoms with van der Waals surface area (Å²) in [6.07, 6.45) is 5.91. The normalized spacial score (nSPS) is 29.6. The number of phenols is 1. The second kappa shape index (κ2) is 6.63. The molecule has 3 aliphatic rings. The molecule has 0 aromatic heterocycles. The molecular weight excluding hydrogens is 398 g/mol. The largest absolute Gasteiger partial charge is 0.504 e. The van der Waals surface area contributed by atoms with Crippen molar-refractivity contribution in [3.8, 4) is 11.5 Å². The number of phenolic OH excluding ortho intramolecular Hbond substituents is 1. The van der Waals surface area contributed by atoms with E-state index in [-0.39, 0.29) is 17.6 Å². The summed E-state index contributed by atoms with van der Waals surface area (Å²) in [5.74, 6) is 1.19. The summed E-state index contributed by atoms with van der Waals surface area (Å²) in [4.78, 5) is 14.5. The maximum absolute atomic E-state index is 12.6. The third kappa shape index (κ3) is 2.44. The van der Waals surface area contributed by atoms with Crippen molar-refractivity contribution in [2.45, 2.75) is 56.9 Å². The van der Waals surface area contributed by atoms with Gasteiger partial charge in [-0.1, -0.05) is 28.8 Å². The van der Waals surface area contributed by atoms with E-state index in [1.807, 2.05) is 17.9 Å². The van der Waals surface area contributed by atoms with E-state index in [0.29, 0.717) is 30.6 Å². The summed E-state index contributed by atoms with van der Waals surface area (Å²) < 4.78 is 11.7. The number of benzene rings is 1. The van der Waals surface area contributed by atoms with Crippen LogP contribution in [-0.2, 0) is 16.6 Å². The number of piperidine rings is 1. The van der Waals surface area contributed by atoms with Crippen LogP contribution in [0, 0.1) is 5.92 Å². The number of hydrogen-bond acceptors (Lipinski definition) is 4. The highest BCUT2D eigenvalue weighted by Gasteiger charge is 2.56. The molecule has 1 heterocycles. The smallest absolute Gasteiger partial charge is 0.410 e. The van der Waals surface area contributed by atoms with Crippen molar-refractivity contribution < 1.29 is 19.4 Å². The predicted octanol–water partition coefficient (Wildman–Crippen LogP) is 4.38. The minimum atomic E-state index is -0.200. The fourth-order valence-corrected chi connectivity index (χ4v) is 6.29. The number of carbonyl (C=O) groups excluding carboxylic acids is 1. The van der Waals surface area contributed by atoms with E-state index < -0.39 is 0 Å². The number of methoxy groups -OCH3 is 1. The number of rotatable bonds is 2.